The molecule has 2 aliphatic carbocycles. The summed E-state index contributed by atoms with van der Waals surface area (Å²) >= 11 is 0. The highest BCUT2D eigenvalue weighted by molar-refractivity contribution is 5.95. The Balaban J connectivity index is 0.000000450. The fourth-order valence-corrected chi connectivity index (χ4v) is 3.94. The van der Waals surface area contributed by atoms with Gasteiger partial charge in [0.2, 0.25) is 0 Å². The lowest BCUT2D eigenvalue weighted by Crippen LogP contribution is -2.43. The minimum atomic E-state index is -4.26. The van der Waals surface area contributed by atoms with Gasteiger partial charge < -0.3 is 4.90 Å². The van der Waals surface area contributed by atoms with E-state index in [1.54, 1.807) is 24.3 Å². The van der Waals surface area contributed by atoms with Crippen LogP contribution < -0.4 is 0 Å². The van der Waals surface area contributed by atoms with E-state index in [9.17, 15) is 22.4 Å². The molecule has 0 N–H and O–H groups in total. The van der Waals surface area contributed by atoms with E-state index in [1.165, 1.54) is 43.9 Å². The topological polar surface area (TPSA) is 57.0 Å². The second kappa shape index (κ2) is 15.9. The van der Waals surface area contributed by atoms with Gasteiger partial charge in [0.15, 0.2) is 0 Å². The monoisotopic (exact) mass is 507 g/mol. The van der Waals surface area contributed by atoms with E-state index in [0.29, 0.717) is 17.6 Å². The molecule has 4 rings (SSSR count). The highest BCUT2D eigenvalue weighted by Crippen LogP contribution is 2.36. The Hall–Kier alpha value is -2.95. The highest BCUT2D eigenvalue weighted by atomic mass is 19.4. The van der Waals surface area contributed by atoms with Crippen molar-refractivity contribution in [2.75, 3.05) is 0 Å². The molecule has 0 bridgehead atoms. The van der Waals surface area contributed by atoms with Crippen LogP contribution in [0.2, 0.25) is 0 Å². The zero-order chi connectivity index (χ0) is 27.1. The van der Waals surface area contributed by atoms with Gasteiger partial charge in [-0.2, -0.15) is 18.4 Å². The van der Waals surface area contributed by atoms with Crippen LogP contribution in [0.15, 0.2) is 48.8 Å². The molecule has 0 spiro atoms. The van der Waals surface area contributed by atoms with Crippen LogP contribution in [0.5, 0.6) is 0 Å². The normalized spacial score (nSPS) is 15.9. The SMILES string of the molecule is CC.CC#N.CC(c1ccc(C(=O)N(C2CCCCC2)C2CC2)cc1)C(F)(F)F.Fc1cccnc1. The lowest BCUT2D eigenvalue weighted by Gasteiger charge is -2.34. The predicted octanol–water partition coefficient (Wildman–Crippen LogP) is 8.07. The molecule has 1 unspecified atom stereocenters. The minimum absolute atomic E-state index is 0.0180. The van der Waals surface area contributed by atoms with Crippen molar-refractivity contribution in [1.29, 1.82) is 5.26 Å². The number of aromatic nitrogens is 1. The van der Waals surface area contributed by atoms with Gasteiger partial charge in [-0.15, -0.1) is 0 Å². The molecule has 2 fully saturated rings. The molecular weight excluding hydrogens is 470 g/mol. The first-order chi connectivity index (χ1) is 17.2. The fourth-order valence-electron chi connectivity index (χ4n) is 3.94. The van der Waals surface area contributed by atoms with Gasteiger partial charge in [-0.25, -0.2) is 4.39 Å². The average molecular weight is 508 g/mol. The molecule has 0 aliphatic heterocycles. The number of rotatable bonds is 4. The second-order valence-corrected chi connectivity index (χ2v) is 8.52. The summed E-state index contributed by atoms with van der Waals surface area (Å²) in [5.74, 6) is -1.82. The molecule has 4 nitrogen and oxygen atoms in total. The summed E-state index contributed by atoms with van der Waals surface area (Å²) in [7, 11) is 0. The minimum Gasteiger partial charge on any atom is -0.333 e. The number of nitrogens with zero attached hydrogens (tertiary/aromatic N) is 3. The van der Waals surface area contributed by atoms with Crippen LogP contribution in [0.1, 0.15) is 94.5 Å². The molecule has 1 aromatic heterocycles. The van der Waals surface area contributed by atoms with Crippen molar-refractivity contribution in [3.05, 3.63) is 65.7 Å². The van der Waals surface area contributed by atoms with E-state index < -0.39 is 12.1 Å². The van der Waals surface area contributed by atoms with E-state index in [1.807, 2.05) is 18.7 Å². The molecule has 198 valence electrons. The number of halogens is 4. The molecule has 8 heteroatoms. The molecule has 1 atom stereocenters. The maximum absolute atomic E-state index is 12.9. The molecule has 2 aliphatic rings. The summed E-state index contributed by atoms with van der Waals surface area (Å²) in [5, 5.41) is 7.32. The van der Waals surface area contributed by atoms with Crippen molar-refractivity contribution >= 4 is 5.91 Å². The highest BCUT2D eigenvalue weighted by Gasteiger charge is 2.39. The largest absolute Gasteiger partial charge is 0.395 e. The van der Waals surface area contributed by atoms with Crippen LogP contribution in [0, 0.1) is 17.1 Å². The third kappa shape index (κ3) is 10.3. The number of carbonyl (C=O) groups is 1. The Labute approximate surface area is 212 Å². The number of hydrogen-bond donors (Lipinski definition) is 0. The van der Waals surface area contributed by atoms with Crippen LogP contribution in [-0.4, -0.2) is 34.1 Å². The Morgan fingerprint density at radius 2 is 1.56 bits per heavy atom. The van der Waals surface area contributed by atoms with E-state index in [4.69, 9.17) is 5.26 Å². The van der Waals surface area contributed by atoms with Crippen molar-refractivity contribution in [3.8, 4) is 6.07 Å². The summed E-state index contributed by atoms with van der Waals surface area (Å²) in [5.41, 5.74) is 0.709. The zero-order valence-electron chi connectivity index (χ0n) is 21.6. The van der Waals surface area contributed by atoms with Crippen molar-refractivity contribution in [1.82, 2.24) is 9.88 Å². The smallest absolute Gasteiger partial charge is 0.333 e. The summed E-state index contributed by atoms with van der Waals surface area (Å²) in [6, 6.07) is 11.3. The molecule has 2 aromatic rings. The number of carbonyl (C=O) groups excluding carboxylic acids is 1. The van der Waals surface area contributed by atoms with Gasteiger partial charge in [0, 0.05) is 30.8 Å². The average Bonchev–Trinajstić information content (AvgIpc) is 3.72. The lowest BCUT2D eigenvalue weighted by molar-refractivity contribution is -0.146. The summed E-state index contributed by atoms with van der Waals surface area (Å²) in [4.78, 5) is 18.4. The Bertz CT molecular complexity index is 917. The maximum atomic E-state index is 12.9. The van der Waals surface area contributed by atoms with Crippen molar-refractivity contribution < 1.29 is 22.4 Å². The van der Waals surface area contributed by atoms with E-state index in [2.05, 4.69) is 4.98 Å². The zero-order valence-corrected chi connectivity index (χ0v) is 21.6. The van der Waals surface area contributed by atoms with Gasteiger partial charge in [0.05, 0.1) is 18.2 Å². The Morgan fingerprint density at radius 3 is 1.94 bits per heavy atom. The van der Waals surface area contributed by atoms with Crippen LogP contribution in [0.25, 0.3) is 0 Å². The first-order valence-corrected chi connectivity index (χ1v) is 12.5. The van der Waals surface area contributed by atoms with Crippen molar-refractivity contribution in [2.24, 2.45) is 0 Å². The van der Waals surface area contributed by atoms with E-state index in [0.717, 1.165) is 45.4 Å². The molecule has 1 amide bonds. The maximum Gasteiger partial charge on any atom is 0.395 e. The molecule has 1 aromatic carbocycles. The van der Waals surface area contributed by atoms with Crippen LogP contribution in [-0.2, 0) is 0 Å². The molecular formula is C28H37F4N3O. The van der Waals surface area contributed by atoms with Gasteiger partial charge in [-0.3, -0.25) is 9.78 Å². The van der Waals surface area contributed by atoms with Crippen LogP contribution in [0.3, 0.4) is 0 Å². The first kappa shape index (κ1) is 31.1. The molecule has 0 radical (unpaired) electrons. The van der Waals surface area contributed by atoms with E-state index in [-0.39, 0.29) is 17.3 Å². The predicted molar refractivity (Wildman–Crippen MR) is 134 cm³/mol. The summed E-state index contributed by atoms with van der Waals surface area (Å²) in [6.45, 7) is 6.58. The molecule has 2 saturated carbocycles. The van der Waals surface area contributed by atoms with Crippen LogP contribution >= 0.6 is 0 Å². The van der Waals surface area contributed by atoms with Gasteiger partial charge in [-0.05, 0) is 62.4 Å². The van der Waals surface area contributed by atoms with Gasteiger partial charge in [0.1, 0.15) is 5.82 Å². The Kier molecular flexibility index (Phi) is 13.7. The summed E-state index contributed by atoms with van der Waals surface area (Å²) < 4.78 is 50.3. The number of hydrogen-bond acceptors (Lipinski definition) is 3. The molecule has 0 saturated heterocycles. The number of pyridine rings is 1. The second-order valence-electron chi connectivity index (χ2n) is 8.52. The molecule has 36 heavy (non-hydrogen) atoms. The summed E-state index contributed by atoms with van der Waals surface area (Å²) in [6.07, 6.45) is 6.17. The fraction of sp³-hybridized carbons (Fsp3) is 0.536. The number of alkyl halides is 3. The molecule has 1 heterocycles. The number of benzene rings is 1. The van der Waals surface area contributed by atoms with Gasteiger partial charge >= 0.3 is 6.18 Å². The lowest BCUT2D eigenvalue weighted by atomic mass is 9.93. The number of amides is 1. The van der Waals surface area contributed by atoms with Crippen molar-refractivity contribution in [2.45, 2.75) is 96.8 Å². The van der Waals surface area contributed by atoms with Crippen LogP contribution in [0.4, 0.5) is 17.6 Å². The third-order valence-corrected chi connectivity index (χ3v) is 5.92. The van der Waals surface area contributed by atoms with Gasteiger partial charge in [0.25, 0.3) is 5.91 Å². The standard InChI is InChI=1S/C19H24F3NO.C5H4FN.C2H3N.C2H6/c1-13(19(20,21)22)14-7-9-15(10-8-14)18(24)23(17-11-12-17)16-5-3-2-4-6-16;6-5-2-1-3-7-4-5;1-2-3;1-2/h7-10,13,16-17H,2-6,11-12H2,1H3;1-4H;1H3;1-2H3. The van der Waals surface area contributed by atoms with E-state index >= 15 is 0 Å². The number of nitriles is 1. The Morgan fingerprint density at radius 1 is 1.03 bits per heavy atom. The first-order valence-electron chi connectivity index (χ1n) is 12.5. The van der Waals surface area contributed by atoms with Gasteiger partial charge in [-0.1, -0.05) is 45.2 Å². The third-order valence-electron chi connectivity index (χ3n) is 5.92. The quantitative estimate of drug-likeness (QED) is 0.393. The van der Waals surface area contributed by atoms with Crippen molar-refractivity contribution in [3.63, 3.8) is 0 Å².